The van der Waals surface area contributed by atoms with Crippen molar-refractivity contribution in [3.63, 3.8) is 0 Å². The molecular weight excluding hydrogens is 266 g/mol. The first-order chi connectivity index (χ1) is 10.2. The Balaban J connectivity index is 1.68. The predicted octanol–water partition coefficient (Wildman–Crippen LogP) is 2.42. The van der Waals surface area contributed by atoms with Gasteiger partial charge in [-0.1, -0.05) is 24.3 Å². The van der Waals surface area contributed by atoms with E-state index in [1.807, 2.05) is 12.1 Å². The maximum atomic E-state index is 11.5. The molecule has 4 unspecified atom stereocenters. The number of hydrogen-bond acceptors (Lipinski definition) is 3. The lowest BCUT2D eigenvalue weighted by atomic mass is 9.84. The molecule has 0 aromatic heterocycles. The number of aliphatic carboxylic acids is 1. The second-order valence-electron chi connectivity index (χ2n) is 6.31. The highest BCUT2D eigenvalue weighted by atomic mass is 16.5. The summed E-state index contributed by atoms with van der Waals surface area (Å²) in [5, 5.41) is 13.0. The smallest absolute Gasteiger partial charge is 0.308 e. The summed E-state index contributed by atoms with van der Waals surface area (Å²) < 4.78 is 5.23. The standard InChI is InChI=1S/C17H23NO3/c1-21-10-14-5-3-2-4-13(14)9-18-16-12-7-6-11(8-12)15(16)17(19)20/h2-5,11-12,15-16,18H,6-10H2,1H3,(H,19,20). The van der Waals surface area contributed by atoms with Crippen LogP contribution in [0.25, 0.3) is 0 Å². The average molecular weight is 289 g/mol. The van der Waals surface area contributed by atoms with Crippen LogP contribution in [-0.4, -0.2) is 24.2 Å². The Kier molecular flexibility index (Phi) is 4.27. The van der Waals surface area contributed by atoms with Gasteiger partial charge in [-0.3, -0.25) is 4.79 Å². The summed E-state index contributed by atoms with van der Waals surface area (Å²) >= 11 is 0. The summed E-state index contributed by atoms with van der Waals surface area (Å²) in [6, 6.07) is 8.30. The van der Waals surface area contributed by atoms with Gasteiger partial charge in [0.2, 0.25) is 0 Å². The normalized spacial score (nSPS) is 30.7. The van der Waals surface area contributed by atoms with Gasteiger partial charge in [-0.25, -0.2) is 0 Å². The van der Waals surface area contributed by atoms with E-state index < -0.39 is 5.97 Å². The van der Waals surface area contributed by atoms with Gasteiger partial charge in [-0.05, 0) is 42.2 Å². The summed E-state index contributed by atoms with van der Waals surface area (Å²) in [5.41, 5.74) is 2.37. The Labute approximate surface area is 125 Å². The zero-order valence-electron chi connectivity index (χ0n) is 12.4. The van der Waals surface area contributed by atoms with Crippen molar-refractivity contribution in [1.82, 2.24) is 5.32 Å². The molecule has 0 saturated heterocycles. The molecule has 2 aliphatic rings. The second-order valence-corrected chi connectivity index (χ2v) is 6.31. The topological polar surface area (TPSA) is 58.6 Å². The van der Waals surface area contributed by atoms with Crippen molar-refractivity contribution in [2.45, 2.75) is 38.5 Å². The third-order valence-corrected chi connectivity index (χ3v) is 5.15. The molecule has 114 valence electrons. The number of fused-ring (bicyclic) bond motifs is 2. The minimum Gasteiger partial charge on any atom is -0.481 e. The summed E-state index contributed by atoms with van der Waals surface area (Å²) in [5.74, 6) is 0.0631. The third-order valence-electron chi connectivity index (χ3n) is 5.15. The summed E-state index contributed by atoms with van der Waals surface area (Å²) in [7, 11) is 1.70. The molecule has 4 atom stereocenters. The SMILES string of the molecule is COCc1ccccc1CNC1C2CCC(C2)C1C(=O)O. The van der Waals surface area contributed by atoms with E-state index in [1.165, 1.54) is 17.5 Å². The Bertz CT molecular complexity index is 517. The zero-order valence-corrected chi connectivity index (χ0v) is 12.4. The maximum Gasteiger partial charge on any atom is 0.308 e. The Morgan fingerprint density at radius 3 is 2.71 bits per heavy atom. The number of carboxylic acids is 1. The van der Waals surface area contributed by atoms with Crippen LogP contribution in [0.2, 0.25) is 0 Å². The largest absolute Gasteiger partial charge is 0.481 e. The van der Waals surface area contributed by atoms with Gasteiger partial charge in [0.05, 0.1) is 12.5 Å². The lowest BCUT2D eigenvalue weighted by Gasteiger charge is -2.29. The van der Waals surface area contributed by atoms with Crippen molar-refractivity contribution in [3.8, 4) is 0 Å². The van der Waals surface area contributed by atoms with Gasteiger partial charge in [0, 0.05) is 19.7 Å². The quantitative estimate of drug-likeness (QED) is 0.844. The Morgan fingerprint density at radius 2 is 2.00 bits per heavy atom. The fourth-order valence-corrected chi connectivity index (χ4v) is 4.19. The molecule has 2 bridgehead atoms. The Hall–Kier alpha value is -1.39. The van der Waals surface area contributed by atoms with Gasteiger partial charge >= 0.3 is 5.97 Å². The minimum absolute atomic E-state index is 0.122. The summed E-state index contributed by atoms with van der Waals surface area (Å²) in [6.45, 7) is 1.31. The number of hydrogen-bond donors (Lipinski definition) is 2. The van der Waals surface area contributed by atoms with Gasteiger partial charge < -0.3 is 15.2 Å². The first-order valence-electron chi connectivity index (χ1n) is 7.72. The van der Waals surface area contributed by atoms with E-state index in [-0.39, 0.29) is 12.0 Å². The van der Waals surface area contributed by atoms with E-state index in [1.54, 1.807) is 7.11 Å². The first kappa shape index (κ1) is 14.5. The molecule has 1 aromatic rings. The van der Waals surface area contributed by atoms with E-state index in [4.69, 9.17) is 4.74 Å². The number of ether oxygens (including phenoxy) is 1. The van der Waals surface area contributed by atoms with Crippen LogP contribution in [0.3, 0.4) is 0 Å². The molecular formula is C17H23NO3. The molecule has 0 amide bonds. The number of carboxylic acid groups (broad SMARTS) is 1. The number of methoxy groups -OCH3 is 1. The van der Waals surface area contributed by atoms with Crippen molar-refractivity contribution in [1.29, 1.82) is 0 Å². The number of benzene rings is 1. The molecule has 4 nitrogen and oxygen atoms in total. The molecule has 0 aliphatic heterocycles. The highest BCUT2D eigenvalue weighted by Crippen LogP contribution is 2.48. The van der Waals surface area contributed by atoms with Crippen molar-refractivity contribution in [2.75, 3.05) is 7.11 Å². The molecule has 0 spiro atoms. The number of carbonyl (C=O) groups is 1. The molecule has 1 aromatic carbocycles. The van der Waals surface area contributed by atoms with E-state index >= 15 is 0 Å². The van der Waals surface area contributed by atoms with Gasteiger partial charge in [-0.15, -0.1) is 0 Å². The van der Waals surface area contributed by atoms with Crippen LogP contribution >= 0.6 is 0 Å². The van der Waals surface area contributed by atoms with E-state index in [0.717, 1.165) is 19.4 Å². The van der Waals surface area contributed by atoms with E-state index in [0.29, 0.717) is 18.4 Å². The number of nitrogens with one attached hydrogen (secondary N) is 1. The highest BCUT2D eigenvalue weighted by Gasteiger charge is 2.50. The monoisotopic (exact) mass is 289 g/mol. The van der Waals surface area contributed by atoms with Gasteiger partial charge in [0.25, 0.3) is 0 Å². The second kappa shape index (κ2) is 6.16. The van der Waals surface area contributed by atoms with Gasteiger partial charge in [0.15, 0.2) is 0 Å². The zero-order chi connectivity index (χ0) is 14.8. The lowest BCUT2D eigenvalue weighted by molar-refractivity contribution is -0.144. The van der Waals surface area contributed by atoms with Gasteiger partial charge in [0.1, 0.15) is 0 Å². The predicted molar refractivity (Wildman–Crippen MR) is 79.7 cm³/mol. The van der Waals surface area contributed by atoms with Crippen LogP contribution in [-0.2, 0) is 22.7 Å². The maximum absolute atomic E-state index is 11.5. The molecule has 21 heavy (non-hydrogen) atoms. The minimum atomic E-state index is -0.634. The molecule has 2 fully saturated rings. The average Bonchev–Trinajstić information content (AvgIpc) is 3.07. The molecule has 0 heterocycles. The highest BCUT2D eigenvalue weighted by molar-refractivity contribution is 5.72. The molecule has 3 rings (SSSR count). The van der Waals surface area contributed by atoms with Crippen molar-refractivity contribution in [3.05, 3.63) is 35.4 Å². The van der Waals surface area contributed by atoms with Crippen LogP contribution < -0.4 is 5.32 Å². The third kappa shape index (κ3) is 2.83. The molecule has 4 heteroatoms. The summed E-state index contributed by atoms with van der Waals surface area (Å²) in [6.07, 6.45) is 3.33. The number of rotatable bonds is 6. The summed E-state index contributed by atoms with van der Waals surface area (Å²) in [4.78, 5) is 11.5. The van der Waals surface area contributed by atoms with Crippen LogP contribution in [0.1, 0.15) is 30.4 Å². The van der Waals surface area contributed by atoms with Crippen molar-refractivity contribution in [2.24, 2.45) is 17.8 Å². The molecule has 2 N–H and O–H groups in total. The van der Waals surface area contributed by atoms with Gasteiger partial charge in [-0.2, -0.15) is 0 Å². The van der Waals surface area contributed by atoms with Crippen LogP contribution in [0.4, 0.5) is 0 Å². The fourth-order valence-electron chi connectivity index (χ4n) is 4.19. The van der Waals surface area contributed by atoms with Crippen LogP contribution in [0.5, 0.6) is 0 Å². The fraction of sp³-hybridized carbons (Fsp3) is 0.588. The molecule has 2 aliphatic carbocycles. The first-order valence-corrected chi connectivity index (χ1v) is 7.72. The van der Waals surface area contributed by atoms with Crippen molar-refractivity contribution >= 4 is 5.97 Å². The van der Waals surface area contributed by atoms with Crippen LogP contribution in [0, 0.1) is 17.8 Å². The molecule has 0 radical (unpaired) electrons. The lowest BCUT2D eigenvalue weighted by Crippen LogP contribution is -2.43. The Morgan fingerprint density at radius 1 is 1.29 bits per heavy atom. The van der Waals surface area contributed by atoms with Crippen molar-refractivity contribution < 1.29 is 14.6 Å². The van der Waals surface area contributed by atoms with Crippen LogP contribution in [0.15, 0.2) is 24.3 Å². The van der Waals surface area contributed by atoms with E-state index in [2.05, 4.69) is 17.4 Å². The molecule has 2 saturated carbocycles. The van der Waals surface area contributed by atoms with E-state index in [9.17, 15) is 9.90 Å².